The van der Waals surface area contributed by atoms with Gasteiger partial charge in [0.15, 0.2) is 0 Å². The zero-order chi connectivity index (χ0) is 20.6. The third kappa shape index (κ3) is 5.65. The van der Waals surface area contributed by atoms with Crippen LogP contribution in [0.15, 0.2) is 64.9 Å². The summed E-state index contributed by atoms with van der Waals surface area (Å²) < 4.78 is 1.59. The van der Waals surface area contributed by atoms with Crippen molar-refractivity contribution < 1.29 is 9.90 Å². The summed E-state index contributed by atoms with van der Waals surface area (Å²) in [5.41, 5.74) is 1.69. The Morgan fingerprint density at radius 1 is 1.17 bits per heavy atom. The lowest BCUT2D eigenvalue weighted by molar-refractivity contribution is 0.0937. The van der Waals surface area contributed by atoms with Gasteiger partial charge in [0.2, 0.25) is 0 Å². The minimum atomic E-state index is -0.383. The maximum absolute atomic E-state index is 12.9. The van der Waals surface area contributed by atoms with Gasteiger partial charge in [-0.2, -0.15) is 0 Å². The molecule has 29 heavy (non-hydrogen) atoms. The molecule has 1 aromatic carbocycles. The Labute approximate surface area is 174 Å². The highest BCUT2D eigenvalue weighted by Crippen LogP contribution is 2.14. The van der Waals surface area contributed by atoms with Crippen molar-refractivity contribution in [1.29, 1.82) is 0 Å². The number of nitrogens with zero attached hydrogens (tertiary/aromatic N) is 1. The number of aliphatic hydroxyl groups excluding tert-OH is 1. The van der Waals surface area contributed by atoms with E-state index < -0.39 is 0 Å². The number of hydrogen-bond acceptors (Lipinski definition) is 4. The van der Waals surface area contributed by atoms with Crippen LogP contribution in [0, 0.1) is 12.8 Å². The minimum absolute atomic E-state index is 0.0206. The molecule has 0 saturated carbocycles. The molecule has 3 aromatic rings. The van der Waals surface area contributed by atoms with Crippen LogP contribution in [0.3, 0.4) is 0 Å². The van der Waals surface area contributed by atoms with E-state index in [9.17, 15) is 14.7 Å². The quantitative estimate of drug-likeness (QED) is 0.570. The van der Waals surface area contributed by atoms with Gasteiger partial charge in [-0.1, -0.05) is 36.4 Å². The van der Waals surface area contributed by atoms with Gasteiger partial charge < -0.3 is 15.0 Å². The van der Waals surface area contributed by atoms with Crippen LogP contribution in [0.25, 0.3) is 0 Å². The first-order valence-corrected chi connectivity index (χ1v) is 10.6. The van der Waals surface area contributed by atoms with Gasteiger partial charge in [-0.3, -0.25) is 9.59 Å². The van der Waals surface area contributed by atoms with E-state index in [1.54, 1.807) is 35.1 Å². The molecule has 0 aliphatic carbocycles. The van der Waals surface area contributed by atoms with Crippen molar-refractivity contribution in [1.82, 2.24) is 9.88 Å². The Morgan fingerprint density at radius 3 is 2.66 bits per heavy atom. The maximum Gasteiger partial charge on any atom is 0.263 e. The fraction of sp³-hybridized carbons (Fsp3) is 0.304. The van der Waals surface area contributed by atoms with Crippen LogP contribution in [0.5, 0.6) is 0 Å². The Kier molecular flexibility index (Phi) is 7.38. The molecule has 0 fully saturated rings. The van der Waals surface area contributed by atoms with E-state index in [0.717, 1.165) is 16.9 Å². The van der Waals surface area contributed by atoms with E-state index in [0.29, 0.717) is 25.1 Å². The summed E-state index contributed by atoms with van der Waals surface area (Å²) in [7, 11) is 0. The zero-order valence-electron chi connectivity index (χ0n) is 16.5. The van der Waals surface area contributed by atoms with Crippen molar-refractivity contribution in [3.05, 3.63) is 92.0 Å². The van der Waals surface area contributed by atoms with Crippen LogP contribution < -0.4 is 10.9 Å². The summed E-state index contributed by atoms with van der Waals surface area (Å²) in [6.45, 7) is 2.59. The highest BCUT2D eigenvalue weighted by atomic mass is 32.1. The number of hydrogen-bond donors (Lipinski definition) is 2. The van der Waals surface area contributed by atoms with Gasteiger partial charge in [-0.05, 0) is 48.4 Å². The number of thiophene rings is 1. The number of amides is 1. The molecule has 3 rings (SSSR count). The van der Waals surface area contributed by atoms with Gasteiger partial charge in [0.05, 0.1) is 0 Å². The Bertz CT molecular complexity index is 981. The average Bonchev–Trinajstić information content (AvgIpc) is 3.24. The van der Waals surface area contributed by atoms with E-state index in [4.69, 9.17) is 0 Å². The molecule has 6 heteroatoms. The predicted octanol–water partition coefficient (Wildman–Crippen LogP) is 3.04. The minimum Gasteiger partial charge on any atom is -0.396 e. The highest BCUT2D eigenvalue weighted by Gasteiger charge is 2.18. The van der Waals surface area contributed by atoms with Crippen LogP contribution in [0.2, 0.25) is 0 Å². The summed E-state index contributed by atoms with van der Waals surface area (Å²) >= 11 is 1.63. The summed E-state index contributed by atoms with van der Waals surface area (Å²) in [4.78, 5) is 26.8. The molecule has 0 radical (unpaired) electrons. The molecule has 0 aliphatic rings. The SMILES string of the molecule is Cc1ccn(CCc2ccccc2)c(=O)c1C(=O)NCC(CO)Cc1cccs1. The lowest BCUT2D eigenvalue weighted by atomic mass is 10.0. The molecular formula is C23H26N2O3S. The topological polar surface area (TPSA) is 71.3 Å². The molecule has 2 heterocycles. The number of benzene rings is 1. The molecule has 0 saturated heterocycles. The van der Waals surface area contributed by atoms with E-state index in [1.165, 1.54) is 0 Å². The molecule has 1 amide bonds. The fourth-order valence-corrected chi connectivity index (χ4v) is 4.07. The molecule has 0 aliphatic heterocycles. The predicted molar refractivity (Wildman–Crippen MR) is 117 cm³/mol. The zero-order valence-corrected chi connectivity index (χ0v) is 17.3. The third-order valence-electron chi connectivity index (χ3n) is 4.96. The molecule has 2 aromatic heterocycles. The maximum atomic E-state index is 12.9. The highest BCUT2D eigenvalue weighted by molar-refractivity contribution is 7.09. The normalized spacial score (nSPS) is 11.9. The Morgan fingerprint density at radius 2 is 1.97 bits per heavy atom. The lowest BCUT2D eigenvalue weighted by Crippen LogP contribution is -2.37. The van der Waals surface area contributed by atoms with Gasteiger partial charge in [0.25, 0.3) is 11.5 Å². The number of carbonyl (C=O) groups is 1. The number of aryl methyl sites for hydroxylation is 3. The molecule has 1 unspecified atom stereocenters. The molecule has 152 valence electrons. The van der Waals surface area contributed by atoms with Gasteiger partial charge in [0.1, 0.15) is 5.56 Å². The smallest absolute Gasteiger partial charge is 0.263 e. The first kappa shape index (κ1) is 21.0. The van der Waals surface area contributed by atoms with Gasteiger partial charge in [0, 0.05) is 36.7 Å². The molecular weight excluding hydrogens is 384 g/mol. The molecule has 0 bridgehead atoms. The van der Waals surface area contributed by atoms with Crippen molar-refractivity contribution in [3.63, 3.8) is 0 Å². The number of aromatic nitrogens is 1. The number of aliphatic hydroxyl groups is 1. The average molecular weight is 411 g/mol. The Hall–Kier alpha value is -2.70. The third-order valence-corrected chi connectivity index (χ3v) is 5.86. The summed E-state index contributed by atoms with van der Waals surface area (Å²) in [6, 6.07) is 15.7. The first-order valence-electron chi connectivity index (χ1n) is 9.74. The van der Waals surface area contributed by atoms with Crippen LogP contribution in [0.4, 0.5) is 0 Å². The van der Waals surface area contributed by atoms with Gasteiger partial charge >= 0.3 is 0 Å². The van der Waals surface area contributed by atoms with Crippen LogP contribution in [-0.4, -0.2) is 28.7 Å². The van der Waals surface area contributed by atoms with Crippen molar-refractivity contribution in [2.75, 3.05) is 13.2 Å². The number of nitrogens with one attached hydrogen (secondary N) is 1. The van der Waals surface area contributed by atoms with E-state index in [1.807, 2.05) is 47.8 Å². The molecule has 5 nitrogen and oxygen atoms in total. The summed E-state index contributed by atoms with van der Waals surface area (Å²) in [5.74, 6) is -0.465. The van der Waals surface area contributed by atoms with E-state index >= 15 is 0 Å². The first-order chi connectivity index (χ1) is 14.1. The van der Waals surface area contributed by atoms with E-state index in [-0.39, 0.29) is 29.6 Å². The largest absolute Gasteiger partial charge is 0.396 e. The monoisotopic (exact) mass is 410 g/mol. The van der Waals surface area contributed by atoms with Gasteiger partial charge in [-0.15, -0.1) is 11.3 Å². The van der Waals surface area contributed by atoms with Crippen LogP contribution in [0.1, 0.15) is 26.4 Å². The number of carbonyl (C=O) groups excluding carboxylic acids is 1. The summed E-state index contributed by atoms with van der Waals surface area (Å²) in [5, 5.41) is 14.5. The second kappa shape index (κ2) is 10.2. The standard InChI is InChI=1S/C23H26N2O3S/c1-17-9-11-25(12-10-18-6-3-2-4-7-18)23(28)21(17)22(27)24-15-19(16-26)14-20-8-5-13-29-20/h2-9,11,13,19,26H,10,12,14-16H2,1H3,(H,24,27). The van der Waals surface area contributed by atoms with Crippen LogP contribution >= 0.6 is 11.3 Å². The fourth-order valence-electron chi connectivity index (χ4n) is 3.25. The van der Waals surface area contributed by atoms with E-state index in [2.05, 4.69) is 5.32 Å². The number of rotatable bonds is 9. The molecule has 0 spiro atoms. The van der Waals surface area contributed by atoms with Crippen molar-refractivity contribution in [3.8, 4) is 0 Å². The Balaban J connectivity index is 1.66. The summed E-state index contributed by atoms with van der Waals surface area (Å²) in [6.07, 6.45) is 3.16. The second-order valence-electron chi connectivity index (χ2n) is 7.15. The molecule has 2 N–H and O–H groups in total. The second-order valence-corrected chi connectivity index (χ2v) is 8.18. The van der Waals surface area contributed by atoms with Crippen LogP contribution in [-0.2, 0) is 19.4 Å². The van der Waals surface area contributed by atoms with Crippen molar-refractivity contribution >= 4 is 17.2 Å². The number of pyridine rings is 1. The van der Waals surface area contributed by atoms with Gasteiger partial charge in [-0.25, -0.2) is 0 Å². The molecule has 1 atom stereocenters. The van der Waals surface area contributed by atoms with Crippen molar-refractivity contribution in [2.45, 2.75) is 26.3 Å². The van der Waals surface area contributed by atoms with Crippen molar-refractivity contribution in [2.24, 2.45) is 5.92 Å². The lowest BCUT2D eigenvalue weighted by Gasteiger charge is -2.15.